The number of hydrogen-bond donors (Lipinski definition) is 2. The maximum Gasteiger partial charge on any atom is 0.324 e. The summed E-state index contributed by atoms with van der Waals surface area (Å²) < 4.78 is 5.26. The molecule has 0 fully saturated rings. The Morgan fingerprint density at radius 3 is 2.56 bits per heavy atom. The van der Waals surface area contributed by atoms with E-state index in [1.807, 2.05) is 24.3 Å². The molecule has 0 amide bonds. The zero-order chi connectivity index (χ0) is 12.0. The summed E-state index contributed by atoms with van der Waals surface area (Å²) in [5.41, 5.74) is 6.56. The molecule has 0 aliphatic carbocycles. The van der Waals surface area contributed by atoms with Gasteiger partial charge in [0.05, 0.1) is 0 Å². The van der Waals surface area contributed by atoms with Gasteiger partial charge >= 0.3 is 5.97 Å². The van der Waals surface area contributed by atoms with Gasteiger partial charge in [-0.2, -0.15) is 0 Å². The summed E-state index contributed by atoms with van der Waals surface area (Å²) in [6, 6.07) is 6.64. The number of hydrogen-bond acceptors (Lipinski definition) is 3. The minimum Gasteiger partial charge on any atom is -0.491 e. The van der Waals surface area contributed by atoms with E-state index in [1.165, 1.54) is 5.56 Å². The molecule has 4 nitrogen and oxygen atoms in total. The maximum absolute atomic E-state index is 10.5. The van der Waals surface area contributed by atoms with E-state index >= 15 is 0 Å². The van der Waals surface area contributed by atoms with Crippen molar-refractivity contribution < 1.29 is 14.6 Å². The van der Waals surface area contributed by atoms with Crippen LogP contribution in [-0.2, 0) is 11.2 Å². The molecule has 0 saturated heterocycles. The first kappa shape index (κ1) is 12.5. The summed E-state index contributed by atoms with van der Waals surface area (Å²) in [6.07, 6.45) is 2.14. The standard InChI is InChI=1S/C12H17NO3/c1-2-3-9-4-6-10(7-5-9)16-8-11(13)12(14)15/h4-7,11H,2-3,8,13H2,1H3,(H,14,15)/t11-/m0/s1. The molecule has 0 spiro atoms. The Hall–Kier alpha value is -1.55. The van der Waals surface area contributed by atoms with Gasteiger partial charge in [0.25, 0.3) is 0 Å². The Bertz CT molecular complexity index is 335. The fourth-order valence-electron chi connectivity index (χ4n) is 1.30. The average Bonchev–Trinajstić information content (AvgIpc) is 2.28. The number of carboxylic acids is 1. The van der Waals surface area contributed by atoms with Gasteiger partial charge in [-0.1, -0.05) is 25.5 Å². The van der Waals surface area contributed by atoms with Crippen molar-refractivity contribution >= 4 is 5.97 Å². The van der Waals surface area contributed by atoms with Crippen LogP contribution in [-0.4, -0.2) is 23.7 Å². The molecule has 0 radical (unpaired) electrons. The number of aryl methyl sites for hydroxylation is 1. The van der Waals surface area contributed by atoms with Crippen molar-refractivity contribution in [2.45, 2.75) is 25.8 Å². The van der Waals surface area contributed by atoms with Crippen LogP contribution >= 0.6 is 0 Å². The number of carboxylic acid groups (broad SMARTS) is 1. The number of rotatable bonds is 6. The molecule has 1 atom stereocenters. The molecule has 0 heterocycles. The molecular weight excluding hydrogens is 206 g/mol. The Balaban J connectivity index is 2.46. The lowest BCUT2D eigenvalue weighted by molar-refractivity contribution is -0.139. The first-order valence-electron chi connectivity index (χ1n) is 5.33. The van der Waals surface area contributed by atoms with Crippen LogP contribution < -0.4 is 10.5 Å². The number of nitrogens with two attached hydrogens (primary N) is 1. The molecule has 0 aliphatic heterocycles. The highest BCUT2D eigenvalue weighted by Crippen LogP contribution is 2.13. The summed E-state index contributed by atoms with van der Waals surface area (Å²) in [6.45, 7) is 2.11. The molecule has 1 aromatic rings. The Labute approximate surface area is 95.0 Å². The molecule has 0 bridgehead atoms. The zero-order valence-electron chi connectivity index (χ0n) is 9.35. The van der Waals surface area contributed by atoms with E-state index in [0.29, 0.717) is 5.75 Å². The Morgan fingerprint density at radius 1 is 1.44 bits per heavy atom. The molecule has 3 N–H and O–H groups in total. The lowest BCUT2D eigenvalue weighted by Gasteiger charge is -2.09. The SMILES string of the molecule is CCCc1ccc(OC[C@H](N)C(=O)O)cc1. The van der Waals surface area contributed by atoms with Crippen LogP contribution in [0.15, 0.2) is 24.3 Å². The van der Waals surface area contributed by atoms with Crippen LogP contribution in [0.3, 0.4) is 0 Å². The van der Waals surface area contributed by atoms with Gasteiger partial charge in [0.15, 0.2) is 0 Å². The Kier molecular flexibility index (Phi) is 4.79. The van der Waals surface area contributed by atoms with Gasteiger partial charge in [-0.25, -0.2) is 0 Å². The molecule has 0 saturated carbocycles. The minimum atomic E-state index is -1.05. The van der Waals surface area contributed by atoms with Crippen LogP contribution in [0.5, 0.6) is 5.75 Å². The summed E-state index contributed by atoms with van der Waals surface area (Å²) in [7, 11) is 0. The highest BCUT2D eigenvalue weighted by Gasteiger charge is 2.11. The van der Waals surface area contributed by atoms with Crippen molar-refractivity contribution in [1.29, 1.82) is 0 Å². The smallest absolute Gasteiger partial charge is 0.324 e. The fraction of sp³-hybridized carbons (Fsp3) is 0.417. The lowest BCUT2D eigenvalue weighted by Crippen LogP contribution is -2.36. The molecule has 0 aliphatic rings. The largest absolute Gasteiger partial charge is 0.491 e. The van der Waals surface area contributed by atoms with Gasteiger partial charge in [0.1, 0.15) is 18.4 Å². The van der Waals surface area contributed by atoms with Crippen LogP contribution in [0.1, 0.15) is 18.9 Å². The van der Waals surface area contributed by atoms with Crippen LogP contribution in [0.4, 0.5) is 0 Å². The van der Waals surface area contributed by atoms with Crippen LogP contribution in [0.25, 0.3) is 0 Å². The van der Waals surface area contributed by atoms with E-state index in [0.717, 1.165) is 12.8 Å². The highest BCUT2D eigenvalue weighted by molar-refractivity contribution is 5.73. The van der Waals surface area contributed by atoms with E-state index in [1.54, 1.807) is 0 Å². The third kappa shape index (κ3) is 3.90. The lowest BCUT2D eigenvalue weighted by atomic mass is 10.1. The predicted octanol–water partition coefficient (Wildman–Crippen LogP) is 1.43. The number of ether oxygens (including phenoxy) is 1. The van der Waals surface area contributed by atoms with E-state index in [9.17, 15) is 4.79 Å². The van der Waals surface area contributed by atoms with Gasteiger partial charge in [0.2, 0.25) is 0 Å². The first-order valence-corrected chi connectivity index (χ1v) is 5.33. The van der Waals surface area contributed by atoms with Crippen molar-refractivity contribution in [2.24, 2.45) is 5.73 Å². The minimum absolute atomic E-state index is 0.0115. The van der Waals surface area contributed by atoms with Crippen molar-refractivity contribution in [3.05, 3.63) is 29.8 Å². The van der Waals surface area contributed by atoms with Gasteiger partial charge in [-0.3, -0.25) is 4.79 Å². The van der Waals surface area contributed by atoms with Crippen LogP contribution in [0.2, 0.25) is 0 Å². The van der Waals surface area contributed by atoms with Crippen molar-refractivity contribution in [2.75, 3.05) is 6.61 Å². The van der Waals surface area contributed by atoms with E-state index in [2.05, 4.69) is 6.92 Å². The third-order valence-electron chi connectivity index (χ3n) is 2.21. The molecular formula is C12H17NO3. The highest BCUT2D eigenvalue weighted by atomic mass is 16.5. The number of carbonyl (C=O) groups is 1. The molecule has 1 aromatic carbocycles. The predicted molar refractivity (Wildman–Crippen MR) is 61.5 cm³/mol. The normalized spacial score (nSPS) is 12.1. The second-order valence-corrected chi connectivity index (χ2v) is 3.65. The fourth-order valence-corrected chi connectivity index (χ4v) is 1.30. The van der Waals surface area contributed by atoms with Gasteiger partial charge < -0.3 is 15.6 Å². The molecule has 88 valence electrons. The van der Waals surface area contributed by atoms with E-state index < -0.39 is 12.0 Å². The molecule has 4 heteroatoms. The van der Waals surface area contributed by atoms with E-state index in [-0.39, 0.29) is 6.61 Å². The molecule has 0 aromatic heterocycles. The topological polar surface area (TPSA) is 72.5 Å². The van der Waals surface area contributed by atoms with Crippen molar-refractivity contribution in [3.8, 4) is 5.75 Å². The molecule has 0 unspecified atom stereocenters. The van der Waals surface area contributed by atoms with E-state index in [4.69, 9.17) is 15.6 Å². The number of benzene rings is 1. The second kappa shape index (κ2) is 6.12. The maximum atomic E-state index is 10.5. The summed E-state index contributed by atoms with van der Waals surface area (Å²) in [5, 5.41) is 8.57. The third-order valence-corrected chi connectivity index (χ3v) is 2.21. The zero-order valence-corrected chi connectivity index (χ0v) is 9.35. The molecule has 1 rings (SSSR count). The Morgan fingerprint density at radius 2 is 2.06 bits per heavy atom. The van der Waals surface area contributed by atoms with Crippen molar-refractivity contribution in [3.63, 3.8) is 0 Å². The molecule has 16 heavy (non-hydrogen) atoms. The van der Waals surface area contributed by atoms with Crippen LogP contribution in [0, 0.1) is 0 Å². The summed E-state index contributed by atoms with van der Waals surface area (Å²) in [4.78, 5) is 10.5. The quantitative estimate of drug-likeness (QED) is 0.765. The van der Waals surface area contributed by atoms with Gasteiger partial charge in [-0.05, 0) is 24.1 Å². The van der Waals surface area contributed by atoms with Gasteiger partial charge in [0, 0.05) is 0 Å². The number of aliphatic carboxylic acids is 1. The summed E-state index contributed by atoms with van der Waals surface area (Å²) in [5.74, 6) is -0.404. The monoisotopic (exact) mass is 223 g/mol. The summed E-state index contributed by atoms with van der Waals surface area (Å²) >= 11 is 0. The van der Waals surface area contributed by atoms with Gasteiger partial charge in [-0.15, -0.1) is 0 Å². The second-order valence-electron chi connectivity index (χ2n) is 3.65. The van der Waals surface area contributed by atoms with Crippen molar-refractivity contribution in [1.82, 2.24) is 0 Å². The average molecular weight is 223 g/mol. The first-order chi connectivity index (χ1) is 7.63.